The fourth-order valence-electron chi connectivity index (χ4n) is 1.70. The Bertz CT molecular complexity index is 544. The molecule has 0 saturated heterocycles. The number of hydrogen-bond acceptors (Lipinski definition) is 3. The van der Waals surface area contributed by atoms with Crippen molar-refractivity contribution in [3.8, 4) is 0 Å². The lowest BCUT2D eigenvalue weighted by Gasteiger charge is -2.12. The minimum Gasteiger partial charge on any atom is -0.394 e. The monoisotopic (exact) mass is 269 g/mol. The van der Waals surface area contributed by atoms with Crippen LogP contribution < -0.4 is 5.73 Å². The van der Waals surface area contributed by atoms with E-state index in [1.807, 2.05) is 0 Å². The van der Waals surface area contributed by atoms with Crippen LogP contribution in [0, 0.1) is 5.82 Å². The third-order valence-corrected chi connectivity index (χ3v) is 2.95. The van der Waals surface area contributed by atoms with E-state index in [-0.39, 0.29) is 11.6 Å². The van der Waals surface area contributed by atoms with Crippen LogP contribution in [0.15, 0.2) is 30.7 Å². The number of rotatable bonds is 4. The van der Waals surface area contributed by atoms with Crippen LogP contribution in [0.25, 0.3) is 0 Å². The van der Waals surface area contributed by atoms with Crippen molar-refractivity contribution in [2.45, 2.75) is 12.6 Å². The highest BCUT2D eigenvalue weighted by atomic mass is 35.5. The minimum atomic E-state index is -0.483. The molecule has 0 bridgehead atoms. The van der Waals surface area contributed by atoms with Gasteiger partial charge in [0.2, 0.25) is 0 Å². The third-order valence-electron chi connectivity index (χ3n) is 2.66. The highest BCUT2D eigenvalue weighted by Crippen LogP contribution is 2.18. The van der Waals surface area contributed by atoms with Crippen molar-refractivity contribution in [1.82, 2.24) is 9.55 Å². The van der Waals surface area contributed by atoms with Crippen molar-refractivity contribution in [2.75, 3.05) is 6.61 Å². The summed E-state index contributed by atoms with van der Waals surface area (Å²) in [5, 5.41) is 9.12. The molecule has 96 valence electrons. The normalized spacial score (nSPS) is 12.7. The Labute approximate surface area is 109 Å². The first-order chi connectivity index (χ1) is 8.61. The second-order valence-electron chi connectivity index (χ2n) is 3.98. The van der Waals surface area contributed by atoms with Crippen molar-refractivity contribution in [2.24, 2.45) is 5.73 Å². The van der Waals surface area contributed by atoms with E-state index in [2.05, 4.69) is 4.98 Å². The average Bonchev–Trinajstić information content (AvgIpc) is 2.81. The Morgan fingerprint density at radius 3 is 2.94 bits per heavy atom. The molecule has 0 aliphatic carbocycles. The molecule has 1 unspecified atom stereocenters. The number of benzene rings is 1. The molecule has 0 spiro atoms. The lowest BCUT2D eigenvalue weighted by atomic mass is 10.2. The Morgan fingerprint density at radius 2 is 2.28 bits per heavy atom. The molecule has 6 heteroatoms. The molecule has 0 amide bonds. The van der Waals surface area contributed by atoms with Gasteiger partial charge in [-0.05, 0) is 17.7 Å². The lowest BCUT2D eigenvalue weighted by Crippen LogP contribution is -2.19. The molecule has 1 aromatic carbocycles. The zero-order valence-corrected chi connectivity index (χ0v) is 10.3. The number of nitrogens with zero attached hydrogens (tertiary/aromatic N) is 2. The van der Waals surface area contributed by atoms with E-state index in [4.69, 9.17) is 22.4 Å². The van der Waals surface area contributed by atoms with Crippen LogP contribution in [0.3, 0.4) is 0 Å². The van der Waals surface area contributed by atoms with E-state index in [1.165, 1.54) is 6.07 Å². The topological polar surface area (TPSA) is 64.1 Å². The predicted octanol–water partition coefficient (Wildman–Crippen LogP) is 1.72. The van der Waals surface area contributed by atoms with Gasteiger partial charge in [0.25, 0.3) is 0 Å². The summed E-state index contributed by atoms with van der Waals surface area (Å²) < 4.78 is 14.8. The van der Waals surface area contributed by atoms with E-state index in [1.54, 1.807) is 29.2 Å². The molecule has 2 rings (SSSR count). The Balaban J connectivity index is 2.23. The van der Waals surface area contributed by atoms with Gasteiger partial charge in [0.05, 0.1) is 29.7 Å². The first-order valence-electron chi connectivity index (χ1n) is 5.42. The molecule has 0 saturated carbocycles. The second-order valence-corrected chi connectivity index (χ2v) is 4.39. The zero-order chi connectivity index (χ0) is 13.1. The lowest BCUT2D eigenvalue weighted by molar-refractivity contribution is 0.263. The van der Waals surface area contributed by atoms with Crippen LogP contribution in [0.4, 0.5) is 4.39 Å². The molecule has 0 aliphatic rings. The number of nitrogens with two attached hydrogens (primary N) is 1. The maximum absolute atomic E-state index is 13.0. The molecule has 0 fully saturated rings. The van der Waals surface area contributed by atoms with Crippen molar-refractivity contribution in [3.63, 3.8) is 0 Å². The summed E-state index contributed by atoms with van der Waals surface area (Å²) in [5.41, 5.74) is 7.31. The predicted molar refractivity (Wildman–Crippen MR) is 66.8 cm³/mol. The average molecular weight is 270 g/mol. The van der Waals surface area contributed by atoms with E-state index in [0.717, 1.165) is 11.3 Å². The summed E-state index contributed by atoms with van der Waals surface area (Å²) in [5.74, 6) is -0.446. The molecule has 0 aliphatic heterocycles. The van der Waals surface area contributed by atoms with Crippen LogP contribution >= 0.6 is 11.6 Å². The molecule has 1 heterocycles. The van der Waals surface area contributed by atoms with Gasteiger partial charge in [-0.2, -0.15) is 0 Å². The van der Waals surface area contributed by atoms with Gasteiger partial charge in [-0.25, -0.2) is 9.37 Å². The van der Waals surface area contributed by atoms with Crippen LogP contribution in [-0.4, -0.2) is 21.3 Å². The fourth-order valence-corrected chi connectivity index (χ4v) is 1.90. The first kappa shape index (κ1) is 13.0. The molecule has 1 aromatic heterocycles. The summed E-state index contributed by atoms with van der Waals surface area (Å²) in [6, 6.07) is 4.05. The van der Waals surface area contributed by atoms with Crippen LogP contribution in [-0.2, 0) is 6.54 Å². The number of halogens is 2. The van der Waals surface area contributed by atoms with Crippen molar-refractivity contribution < 1.29 is 9.50 Å². The van der Waals surface area contributed by atoms with Crippen molar-refractivity contribution in [1.29, 1.82) is 0 Å². The van der Waals surface area contributed by atoms with Gasteiger partial charge in [-0.1, -0.05) is 17.7 Å². The quantitative estimate of drug-likeness (QED) is 0.888. The maximum Gasteiger partial charge on any atom is 0.141 e. The molecule has 18 heavy (non-hydrogen) atoms. The van der Waals surface area contributed by atoms with E-state index in [0.29, 0.717) is 6.54 Å². The van der Waals surface area contributed by atoms with Crippen molar-refractivity contribution >= 4 is 11.6 Å². The van der Waals surface area contributed by atoms with Crippen molar-refractivity contribution in [3.05, 3.63) is 52.8 Å². The fraction of sp³-hybridized carbons (Fsp3) is 0.250. The van der Waals surface area contributed by atoms with E-state index >= 15 is 0 Å². The molecule has 4 nitrogen and oxygen atoms in total. The van der Waals surface area contributed by atoms with Gasteiger partial charge in [-0.15, -0.1) is 0 Å². The summed E-state index contributed by atoms with van der Waals surface area (Å²) in [6.07, 6.45) is 3.22. The zero-order valence-electron chi connectivity index (χ0n) is 9.55. The molecular weight excluding hydrogens is 257 g/mol. The summed E-state index contributed by atoms with van der Waals surface area (Å²) in [4.78, 5) is 3.99. The molecule has 1 atom stereocenters. The number of hydrogen-bond donors (Lipinski definition) is 2. The van der Waals surface area contributed by atoms with Gasteiger partial charge < -0.3 is 15.4 Å². The maximum atomic E-state index is 13.0. The van der Waals surface area contributed by atoms with Gasteiger partial charge in [0, 0.05) is 12.7 Å². The Kier molecular flexibility index (Phi) is 3.96. The molecule has 3 N–H and O–H groups in total. The van der Waals surface area contributed by atoms with E-state index in [9.17, 15) is 4.39 Å². The first-order valence-corrected chi connectivity index (χ1v) is 5.80. The van der Waals surface area contributed by atoms with Gasteiger partial charge in [0.1, 0.15) is 5.82 Å². The van der Waals surface area contributed by atoms with Gasteiger partial charge in [-0.3, -0.25) is 0 Å². The molecular formula is C12H13ClFN3O. The number of aliphatic hydroxyl groups excluding tert-OH is 1. The molecule has 2 aromatic rings. The van der Waals surface area contributed by atoms with Crippen LogP contribution in [0.5, 0.6) is 0 Å². The standard InChI is InChI=1S/C12H13ClFN3O/c13-9-3-8(1-2-10(9)14)5-17-7-16-4-12(17)11(15)6-18/h1-4,7,11,18H,5-6,15H2. The van der Waals surface area contributed by atoms with Gasteiger partial charge >= 0.3 is 0 Å². The summed E-state index contributed by atoms with van der Waals surface area (Å²) >= 11 is 5.72. The van der Waals surface area contributed by atoms with E-state index < -0.39 is 11.9 Å². The summed E-state index contributed by atoms with van der Waals surface area (Å²) in [7, 11) is 0. The number of aliphatic hydroxyl groups is 1. The highest BCUT2D eigenvalue weighted by molar-refractivity contribution is 6.30. The van der Waals surface area contributed by atoms with Crippen LogP contribution in [0.1, 0.15) is 17.3 Å². The largest absolute Gasteiger partial charge is 0.394 e. The third kappa shape index (κ3) is 2.69. The smallest absolute Gasteiger partial charge is 0.141 e. The number of aromatic nitrogens is 2. The molecule has 0 radical (unpaired) electrons. The van der Waals surface area contributed by atoms with Crippen LogP contribution in [0.2, 0.25) is 5.02 Å². The summed E-state index contributed by atoms with van der Waals surface area (Å²) in [6.45, 7) is 0.318. The highest BCUT2D eigenvalue weighted by Gasteiger charge is 2.11. The Morgan fingerprint density at radius 1 is 1.50 bits per heavy atom. The number of imidazole rings is 1. The minimum absolute atomic E-state index is 0.0839. The van der Waals surface area contributed by atoms with Gasteiger partial charge in [0.15, 0.2) is 0 Å². The Hall–Kier alpha value is -1.43. The SMILES string of the molecule is NC(CO)c1cncn1Cc1ccc(F)c(Cl)c1. The second kappa shape index (κ2) is 5.48.